The maximum Gasteiger partial charge on any atom is 0.247 e. The van der Waals surface area contributed by atoms with Gasteiger partial charge in [0.2, 0.25) is 17.7 Å². The van der Waals surface area contributed by atoms with Gasteiger partial charge < -0.3 is 19.5 Å². The minimum atomic E-state index is -0.653. The van der Waals surface area contributed by atoms with Crippen LogP contribution in [0.3, 0.4) is 0 Å². The van der Waals surface area contributed by atoms with Crippen molar-refractivity contribution in [3.8, 4) is 11.6 Å². The standard InChI is InChI=1S/C36H39N7O3/c1-23(2)42(26-17-18-32(46-3)38-21-26)33(44)22-41-30-15-9-10-16-31(30)43-34(24-11-5-4-6-12-24)39-40-35(43)28(36(41)45)19-25-20-37-29-14-8-7-13-27(25)29/h7-10,13-18,20-21,23-24,28,37H,4-6,11-12,19,22H2,1-3H3. The number of nitrogens with one attached hydrogen (secondary N) is 1. The number of hydrogen-bond acceptors (Lipinski definition) is 6. The van der Waals surface area contributed by atoms with Crippen LogP contribution in [-0.2, 0) is 16.0 Å². The third-order valence-corrected chi connectivity index (χ3v) is 9.36. The molecule has 10 heteroatoms. The molecule has 1 aliphatic carbocycles. The van der Waals surface area contributed by atoms with Crippen LogP contribution >= 0.6 is 0 Å². The summed E-state index contributed by atoms with van der Waals surface area (Å²) >= 11 is 0. The second kappa shape index (κ2) is 12.4. The smallest absolute Gasteiger partial charge is 0.247 e. The number of benzene rings is 2. The first-order valence-corrected chi connectivity index (χ1v) is 16.2. The molecular formula is C36H39N7O3. The SMILES string of the molecule is COc1ccc(N(C(=O)CN2C(=O)C(Cc3c[nH]c4ccccc34)c3nnc(C4CCCCC4)n3-c3ccccc32)C(C)C)cn1. The van der Waals surface area contributed by atoms with E-state index in [-0.39, 0.29) is 30.3 Å². The Bertz CT molecular complexity index is 1870. The largest absolute Gasteiger partial charge is 0.481 e. The number of methoxy groups -OCH3 is 1. The van der Waals surface area contributed by atoms with E-state index >= 15 is 0 Å². The average molecular weight is 618 g/mol. The highest BCUT2D eigenvalue weighted by Gasteiger charge is 2.40. The lowest BCUT2D eigenvalue weighted by molar-refractivity contribution is -0.123. The summed E-state index contributed by atoms with van der Waals surface area (Å²) in [6, 6.07) is 19.3. The predicted octanol–water partition coefficient (Wildman–Crippen LogP) is 6.31. The summed E-state index contributed by atoms with van der Waals surface area (Å²) in [5, 5.41) is 10.6. The van der Waals surface area contributed by atoms with Gasteiger partial charge in [0.25, 0.3) is 0 Å². The van der Waals surface area contributed by atoms with Gasteiger partial charge in [-0.1, -0.05) is 49.6 Å². The zero-order valence-electron chi connectivity index (χ0n) is 26.5. The zero-order chi connectivity index (χ0) is 31.8. The fourth-order valence-electron chi connectivity index (χ4n) is 7.14. The number of nitrogens with zero attached hydrogens (tertiary/aromatic N) is 6. The first kappa shape index (κ1) is 29.7. The molecule has 0 saturated heterocycles. The first-order valence-electron chi connectivity index (χ1n) is 16.2. The van der Waals surface area contributed by atoms with Crippen molar-refractivity contribution in [1.82, 2.24) is 24.7 Å². The molecule has 1 N–H and O–H groups in total. The van der Waals surface area contributed by atoms with Gasteiger partial charge in [0.05, 0.1) is 30.4 Å². The fourth-order valence-corrected chi connectivity index (χ4v) is 7.14. The highest BCUT2D eigenvalue weighted by molar-refractivity contribution is 6.07. The molecule has 5 aromatic rings. The van der Waals surface area contributed by atoms with E-state index in [1.807, 2.05) is 68.6 Å². The number of ether oxygens (including phenoxy) is 1. The van der Waals surface area contributed by atoms with E-state index < -0.39 is 5.92 Å². The van der Waals surface area contributed by atoms with E-state index in [2.05, 4.69) is 20.6 Å². The van der Waals surface area contributed by atoms with Crippen molar-refractivity contribution in [2.75, 3.05) is 23.5 Å². The van der Waals surface area contributed by atoms with Crippen LogP contribution in [0.5, 0.6) is 5.88 Å². The fraction of sp³-hybridized carbons (Fsp3) is 0.361. The van der Waals surface area contributed by atoms with Gasteiger partial charge in [-0.15, -0.1) is 10.2 Å². The average Bonchev–Trinajstić information content (AvgIpc) is 3.69. The van der Waals surface area contributed by atoms with Crippen molar-refractivity contribution in [2.24, 2.45) is 0 Å². The summed E-state index contributed by atoms with van der Waals surface area (Å²) < 4.78 is 7.36. The summed E-state index contributed by atoms with van der Waals surface area (Å²) in [6.07, 6.45) is 9.64. The van der Waals surface area contributed by atoms with Crippen LogP contribution in [0.1, 0.15) is 75.0 Å². The van der Waals surface area contributed by atoms with E-state index in [1.54, 1.807) is 29.2 Å². The second-order valence-electron chi connectivity index (χ2n) is 12.5. The number of rotatable bonds is 8. The van der Waals surface area contributed by atoms with Gasteiger partial charge in [-0.3, -0.25) is 14.2 Å². The monoisotopic (exact) mass is 617 g/mol. The summed E-state index contributed by atoms with van der Waals surface area (Å²) in [6.45, 7) is 3.78. The highest BCUT2D eigenvalue weighted by Crippen LogP contribution is 2.41. The summed E-state index contributed by atoms with van der Waals surface area (Å²) in [4.78, 5) is 40.2. The molecule has 1 atom stereocenters. The van der Waals surface area contributed by atoms with Crippen LogP contribution in [0.25, 0.3) is 16.6 Å². The summed E-state index contributed by atoms with van der Waals surface area (Å²) in [5.74, 6) is 1.22. The summed E-state index contributed by atoms with van der Waals surface area (Å²) in [7, 11) is 1.56. The van der Waals surface area contributed by atoms with Gasteiger partial charge in [0.1, 0.15) is 18.3 Å². The number of para-hydroxylation sites is 3. The van der Waals surface area contributed by atoms with Crippen molar-refractivity contribution in [1.29, 1.82) is 0 Å². The Kier molecular flexibility index (Phi) is 8.02. The number of fused-ring (bicyclic) bond motifs is 4. The van der Waals surface area contributed by atoms with Gasteiger partial charge in [-0.05, 0) is 62.9 Å². The van der Waals surface area contributed by atoms with Crippen molar-refractivity contribution in [3.05, 3.63) is 90.3 Å². The first-order chi connectivity index (χ1) is 22.4. The third kappa shape index (κ3) is 5.31. The van der Waals surface area contributed by atoms with Gasteiger partial charge in [0, 0.05) is 35.1 Å². The molecule has 3 aromatic heterocycles. The van der Waals surface area contributed by atoms with Gasteiger partial charge in [-0.25, -0.2) is 4.98 Å². The van der Waals surface area contributed by atoms with E-state index in [0.717, 1.165) is 53.7 Å². The van der Waals surface area contributed by atoms with E-state index in [0.29, 0.717) is 29.5 Å². The molecule has 10 nitrogen and oxygen atoms in total. The number of aromatic amines is 1. The van der Waals surface area contributed by atoms with Crippen LogP contribution in [-0.4, -0.2) is 56.2 Å². The molecule has 1 unspecified atom stereocenters. The Balaban J connectivity index is 1.33. The number of anilines is 2. The maximum atomic E-state index is 14.9. The van der Waals surface area contributed by atoms with Crippen LogP contribution < -0.4 is 14.5 Å². The molecule has 0 spiro atoms. The number of aromatic nitrogens is 5. The lowest BCUT2D eigenvalue weighted by Gasteiger charge is -2.31. The molecule has 7 rings (SSSR count). The van der Waals surface area contributed by atoms with Crippen LogP contribution in [0.15, 0.2) is 73.1 Å². The van der Waals surface area contributed by atoms with Crippen molar-refractivity contribution < 1.29 is 14.3 Å². The minimum absolute atomic E-state index is 0.137. The molecule has 1 aliphatic heterocycles. The van der Waals surface area contributed by atoms with Crippen LogP contribution in [0.4, 0.5) is 11.4 Å². The van der Waals surface area contributed by atoms with Crippen molar-refractivity contribution in [3.63, 3.8) is 0 Å². The second-order valence-corrected chi connectivity index (χ2v) is 12.5. The molecule has 2 aliphatic rings. The molecule has 0 bridgehead atoms. The molecular weight excluding hydrogens is 578 g/mol. The molecule has 1 fully saturated rings. The zero-order valence-corrected chi connectivity index (χ0v) is 26.5. The Labute approximate surface area is 268 Å². The predicted molar refractivity (Wildman–Crippen MR) is 178 cm³/mol. The van der Waals surface area contributed by atoms with Crippen molar-refractivity contribution >= 4 is 34.1 Å². The molecule has 2 amide bonds. The number of hydrogen-bond donors (Lipinski definition) is 1. The minimum Gasteiger partial charge on any atom is -0.481 e. The highest BCUT2D eigenvalue weighted by atomic mass is 16.5. The maximum absolute atomic E-state index is 14.9. The Morgan fingerprint density at radius 2 is 1.72 bits per heavy atom. The van der Waals surface area contributed by atoms with E-state index in [1.165, 1.54) is 6.42 Å². The molecule has 4 heterocycles. The van der Waals surface area contributed by atoms with Gasteiger partial charge in [-0.2, -0.15) is 0 Å². The number of carbonyl (C=O) groups excluding carboxylic acids is 2. The quantitative estimate of drug-likeness (QED) is 0.218. The Morgan fingerprint density at radius 1 is 0.978 bits per heavy atom. The number of amides is 2. The lowest BCUT2D eigenvalue weighted by Crippen LogP contribution is -2.47. The molecule has 1 saturated carbocycles. The number of pyridine rings is 1. The third-order valence-electron chi connectivity index (χ3n) is 9.36. The van der Waals surface area contributed by atoms with Gasteiger partial charge >= 0.3 is 0 Å². The Hall–Kier alpha value is -4.99. The summed E-state index contributed by atoms with van der Waals surface area (Å²) in [5.41, 5.74) is 4.18. The number of H-pyrrole nitrogens is 1. The molecule has 236 valence electrons. The van der Waals surface area contributed by atoms with E-state index in [9.17, 15) is 9.59 Å². The Morgan fingerprint density at radius 3 is 2.46 bits per heavy atom. The lowest BCUT2D eigenvalue weighted by atomic mass is 9.88. The molecule has 0 radical (unpaired) electrons. The van der Waals surface area contributed by atoms with E-state index in [4.69, 9.17) is 14.9 Å². The van der Waals surface area contributed by atoms with Crippen LogP contribution in [0, 0.1) is 0 Å². The van der Waals surface area contributed by atoms with Gasteiger partial charge in [0.15, 0.2) is 5.82 Å². The number of carbonyl (C=O) groups is 2. The normalized spacial score (nSPS) is 16.7. The van der Waals surface area contributed by atoms with Crippen LogP contribution in [0.2, 0.25) is 0 Å². The molecule has 46 heavy (non-hydrogen) atoms. The topological polar surface area (TPSA) is 109 Å². The van der Waals surface area contributed by atoms with Crippen molar-refractivity contribution in [2.45, 2.75) is 70.3 Å². The molecule has 2 aromatic carbocycles.